The molecule has 0 amide bonds. The Bertz CT molecular complexity index is 427. The Labute approximate surface area is 99.4 Å². The zero-order valence-corrected chi connectivity index (χ0v) is 10.1. The van der Waals surface area contributed by atoms with Gasteiger partial charge in [-0.3, -0.25) is 0 Å². The Balaban J connectivity index is 0.000000980. The van der Waals surface area contributed by atoms with Gasteiger partial charge < -0.3 is 24.0 Å². The molecule has 0 aromatic carbocycles. The fourth-order valence-electron chi connectivity index (χ4n) is 1.06. The van der Waals surface area contributed by atoms with E-state index in [0.717, 1.165) is 11.5 Å². The maximum Gasteiger partial charge on any atom is 0.495 e. The van der Waals surface area contributed by atoms with Gasteiger partial charge in [-0.1, -0.05) is 9.15 Å². The van der Waals surface area contributed by atoms with Gasteiger partial charge in [0.15, 0.2) is 7.05 Å². The molecule has 1 aromatic heterocycles. The summed E-state index contributed by atoms with van der Waals surface area (Å²) in [5, 5.41) is 0. The zero-order valence-electron chi connectivity index (χ0n) is 7.98. The molecule has 2 rings (SSSR count). The van der Waals surface area contributed by atoms with Gasteiger partial charge in [0.25, 0.3) is 11.9 Å². The van der Waals surface area contributed by atoms with Gasteiger partial charge in [0.05, 0.1) is 0 Å². The molecule has 5 heteroatoms. The van der Waals surface area contributed by atoms with E-state index < -0.39 is 0 Å². The lowest BCUT2D eigenvalue weighted by Crippen LogP contribution is -3.00. The van der Waals surface area contributed by atoms with Crippen LogP contribution in [0.25, 0.3) is 0 Å². The van der Waals surface area contributed by atoms with Crippen LogP contribution in [-0.2, 0) is 0 Å². The normalized spacial score (nSPS) is 13.3. The molecule has 0 bridgehead atoms. The van der Waals surface area contributed by atoms with Crippen LogP contribution in [0.5, 0.6) is 0 Å². The molecule has 0 saturated carbocycles. The third-order valence-electron chi connectivity index (χ3n) is 1.75. The Morgan fingerprint density at radius 2 is 1.86 bits per heavy atom. The van der Waals surface area contributed by atoms with E-state index in [4.69, 9.17) is 0 Å². The van der Waals surface area contributed by atoms with Gasteiger partial charge in [-0.15, -0.1) is 0 Å². The first kappa shape index (κ1) is 11.0. The van der Waals surface area contributed by atoms with Crippen LogP contribution in [0, 0.1) is 6.92 Å². The molecule has 4 nitrogen and oxygen atoms in total. The predicted molar refractivity (Wildman–Crippen MR) is 47.0 cm³/mol. The van der Waals surface area contributed by atoms with Gasteiger partial charge in [-0.2, -0.15) is 0 Å². The van der Waals surface area contributed by atoms with Crippen LogP contribution in [0.3, 0.4) is 0 Å². The first-order valence-corrected chi connectivity index (χ1v) is 4.01. The van der Waals surface area contributed by atoms with Crippen molar-refractivity contribution in [2.45, 2.75) is 6.92 Å². The molecule has 14 heavy (non-hydrogen) atoms. The average molecular weight is 301 g/mol. The topological polar surface area (TPSA) is 31.8 Å². The Morgan fingerprint density at radius 3 is 2.36 bits per heavy atom. The summed E-state index contributed by atoms with van der Waals surface area (Å²) in [6.07, 6.45) is 7.38. The van der Waals surface area contributed by atoms with Crippen LogP contribution in [0.2, 0.25) is 0 Å². The van der Waals surface area contributed by atoms with Gasteiger partial charge in [0.2, 0.25) is 6.20 Å². The molecule has 0 fully saturated rings. The number of hydrogen-bond donors (Lipinski definition) is 0. The summed E-state index contributed by atoms with van der Waals surface area (Å²) in [7, 11) is 1.92. The van der Waals surface area contributed by atoms with Crippen molar-refractivity contribution < 1.29 is 33.1 Å². The van der Waals surface area contributed by atoms with Gasteiger partial charge in [0.1, 0.15) is 18.2 Å². The molecular weight excluding hydrogens is 291 g/mol. The third-order valence-corrected chi connectivity index (χ3v) is 1.75. The number of rotatable bonds is 1. The number of aryl methyl sites for hydroxylation is 1. The molecule has 0 aliphatic carbocycles. The maximum atomic E-state index is 4.10. The molecule has 1 aliphatic rings. The molecule has 0 spiro atoms. The first-order valence-electron chi connectivity index (χ1n) is 4.01. The highest BCUT2D eigenvalue weighted by atomic mass is 127. The lowest BCUT2D eigenvalue weighted by molar-refractivity contribution is -0.429. The largest absolute Gasteiger partial charge is 1.00 e. The molecule has 0 unspecified atom stereocenters. The Morgan fingerprint density at radius 1 is 1.21 bits per heavy atom. The van der Waals surface area contributed by atoms with E-state index in [0.29, 0.717) is 0 Å². The summed E-state index contributed by atoms with van der Waals surface area (Å²) in [6, 6.07) is 3.07. The third kappa shape index (κ3) is 2.24. The fraction of sp³-hybridized carbons (Fsp3) is 0.222. The Hall–Kier alpha value is -1.07. The van der Waals surface area contributed by atoms with Crippen molar-refractivity contribution in [3.05, 3.63) is 30.6 Å². The van der Waals surface area contributed by atoms with Gasteiger partial charge in [-0.05, 0) is 6.92 Å². The van der Waals surface area contributed by atoms with Crippen LogP contribution in [0.4, 0.5) is 5.69 Å². The van der Waals surface area contributed by atoms with Crippen molar-refractivity contribution in [2.24, 2.45) is 0 Å². The highest BCUT2D eigenvalue weighted by Crippen LogP contribution is 2.08. The number of nitrogens with zero attached hydrogens (tertiary/aromatic N) is 4. The molecule has 0 atom stereocenters. The quantitative estimate of drug-likeness (QED) is 0.433. The summed E-state index contributed by atoms with van der Waals surface area (Å²) in [4.78, 5) is 8.21. The van der Waals surface area contributed by atoms with E-state index >= 15 is 0 Å². The molecule has 0 saturated heterocycles. The van der Waals surface area contributed by atoms with E-state index in [2.05, 4.69) is 16.0 Å². The lowest BCUT2D eigenvalue weighted by atomic mass is 10.5. The van der Waals surface area contributed by atoms with Crippen LogP contribution in [0.1, 0.15) is 5.82 Å². The van der Waals surface area contributed by atoms with E-state index in [1.807, 2.05) is 35.5 Å². The second-order valence-electron chi connectivity index (χ2n) is 2.87. The summed E-state index contributed by atoms with van der Waals surface area (Å²) in [5.74, 6) is 0.778. The molecule has 0 N–H and O–H groups in total. The molecule has 2 heterocycles. The maximum absolute atomic E-state index is 4.10. The van der Waals surface area contributed by atoms with E-state index in [9.17, 15) is 0 Å². The first-order chi connectivity index (χ1) is 6.25. The summed E-state index contributed by atoms with van der Waals surface area (Å²) in [5.41, 5.74) is 0.922. The molecular formula is C9H10IN4+. The van der Waals surface area contributed by atoms with E-state index in [-0.39, 0.29) is 24.0 Å². The van der Waals surface area contributed by atoms with Crippen molar-refractivity contribution in [2.75, 3.05) is 7.05 Å². The van der Waals surface area contributed by atoms with E-state index in [1.54, 1.807) is 12.4 Å². The van der Waals surface area contributed by atoms with Crippen LogP contribution in [-0.4, -0.2) is 32.2 Å². The van der Waals surface area contributed by atoms with Gasteiger partial charge in [-0.25, -0.2) is 9.97 Å². The molecule has 0 radical (unpaired) electrons. The fourth-order valence-corrected chi connectivity index (χ4v) is 1.06. The van der Waals surface area contributed by atoms with Crippen molar-refractivity contribution in [1.82, 2.24) is 9.97 Å². The smallest absolute Gasteiger partial charge is 0.495 e. The molecule has 72 valence electrons. The second kappa shape index (κ2) is 4.43. The van der Waals surface area contributed by atoms with Crippen molar-refractivity contribution >= 4 is 11.7 Å². The minimum atomic E-state index is 0. The number of aromatic nitrogens is 2. The van der Waals surface area contributed by atoms with E-state index in [1.165, 1.54) is 0 Å². The minimum Gasteiger partial charge on any atom is -1.00 e. The monoisotopic (exact) mass is 301 g/mol. The molecule has 1 aromatic rings. The average Bonchev–Trinajstić information content (AvgIpc) is 2.53. The van der Waals surface area contributed by atoms with Crippen molar-refractivity contribution in [3.8, 4) is 0 Å². The number of halogens is 1. The zero-order chi connectivity index (χ0) is 9.26. The summed E-state index contributed by atoms with van der Waals surface area (Å²) in [6.45, 7) is 1.86. The standard InChI is InChI=1S/C9H10N4.HI/c1-8-10-5-9(6-11-8)13-4-3-12(2)7-13;/h3-6H,1-2H3;1H/q+2;/p-1. The number of hydrogen-bond acceptors (Lipinski definition) is 2. The van der Waals surface area contributed by atoms with Gasteiger partial charge in [0, 0.05) is 0 Å². The minimum absolute atomic E-state index is 0. The van der Waals surface area contributed by atoms with Crippen LogP contribution < -0.4 is 24.0 Å². The van der Waals surface area contributed by atoms with Crippen molar-refractivity contribution in [3.63, 3.8) is 0 Å². The molecule has 1 aliphatic heterocycles. The van der Waals surface area contributed by atoms with Crippen LogP contribution in [0.15, 0.2) is 24.8 Å². The SMILES string of the molecule is Cc1ncc([N+]2=C=[N+](C)C=C2)cn1.[I-]. The second-order valence-corrected chi connectivity index (χ2v) is 2.87. The highest BCUT2D eigenvalue weighted by Gasteiger charge is 2.16. The highest BCUT2D eigenvalue weighted by molar-refractivity contribution is 5.36. The Kier molecular flexibility index (Phi) is 3.49. The lowest BCUT2D eigenvalue weighted by Gasteiger charge is -1.88. The summed E-state index contributed by atoms with van der Waals surface area (Å²) < 4.78 is 3.69. The van der Waals surface area contributed by atoms with Crippen molar-refractivity contribution in [1.29, 1.82) is 0 Å². The van der Waals surface area contributed by atoms with Crippen LogP contribution >= 0.6 is 0 Å². The predicted octanol–water partition coefficient (Wildman–Crippen LogP) is -2.27. The summed E-state index contributed by atoms with van der Waals surface area (Å²) >= 11 is 0. The van der Waals surface area contributed by atoms with Gasteiger partial charge >= 0.3 is 6.01 Å².